The SMILES string of the molecule is CCCOc1c(C)cc(-c2ccc(Cl)c(C(=O)O)c2)cc1C. The van der Waals surface area contributed by atoms with E-state index < -0.39 is 5.97 Å². The van der Waals surface area contributed by atoms with Crippen molar-refractivity contribution >= 4 is 17.6 Å². The van der Waals surface area contributed by atoms with Crippen LogP contribution in [0.3, 0.4) is 0 Å². The summed E-state index contributed by atoms with van der Waals surface area (Å²) in [5, 5.41) is 9.43. The van der Waals surface area contributed by atoms with Gasteiger partial charge in [0.25, 0.3) is 0 Å². The van der Waals surface area contributed by atoms with Crippen LogP contribution < -0.4 is 4.74 Å². The van der Waals surface area contributed by atoms with Crippen molar-refractivity contribution in [2.45, 2.75) is 27.2 Å². The second kappa shape index (κ2) is 6.84. The molecule has 3 nitrogen and oxygen atoms in total. The maximum Gasteiger partial charge on any atom is 0.337 e. The molecule has 4 heteroatoms. The first-order chi connectivity index (χ1) is 10.4. The quantitative estimate of drug-likeness (QED) is 0.833. The number of carboxylic acids is 1. The Morgan fingerprint density at radius 2 is 1.77 bits per heavy atom. The molecular weight excluding hydrogens is 300 g/mol. The highest BCUT2D eigenvalue weighted by Gasteiger charge is 2.12. The Labute approximate surface area is 135 Å². The molecule has 0 aliphatic rings. The van der Waals surface area contributed by atoms with Crippen LogP contribution in [-0.4, -0.2) is 17.7 Å². The van der Waals surface area contributed by atoms with Crippen LogP contribution in [0.1, 0.15) is 34.8 Å². The first-order valence-corrected chi connectivity index (χ1v) is 7.59. The van der Waals surface area contributed by atoms with Crippen molar-refractivity contribution in [2.24, 2.45) is 0 Å². The van der Waals surface area contributed by atoms with E-state index in [0.717, 1.165) is 34.4 Å². The Hall–Kier alpha value is -2.00. The summed E-state index contributed by atoms with van der Waals surface area (Å²) >= 11 is 5.92. The average Bonchev–Trinajstić information content (AvgIpc) is 2.46. The first kappa shape index (κ1) is 16.4. The number of aromatic carboxylic acids is 1. The zero-order chi connectivity index (χ0) is 16.3. The second-order valence-electron chi connectivity index (χ2n) is 5.29. The molecular formula is C18H19ClO3. The number of carbonyl (C=O) groups is 1. The Bertz CT molecular complexity index is 684. The molecule has 0 heterocycles. The van der Waals surface area contributed by atoms with Crippen LogP contribution in [0.4, 0.5) is 0 Å². The molecule has 0 unspecified atom stereocenters. The Morgan fingerprint density at radius 1 is 1.14 bits per heavy atom. The van der Waals surface area contributed by atoms with Crippen LogP contribution in [0, 0.1) is 13.8 Å². The molecule has 0 aliphatic heterocycles. The summed E-state index contributed by atoms with van der Waals surface area (Å²) in [6.45, 7) is 6.75. The van der Waals surface area contributed by atoms with Gasteiger partial charge < -0.3 is 9.84 Å². The Kier molecular flexibility index (Phi) is 5.09. The molecule has 0 aromatic heterocycles. The van der Waals surface area contributed by atoms with Crippen molar-refractivity contribution in [2.75, 3.05) is 6.61 Å². The number of hydrogen-bond donors (Lipinski definition) is 1. The highest BCUT2D eigenvalue weighted by molar-refractivity contribution is 6.33. The van der Waals surface area contributed by atoms with E-state index in [2.05, 4.69) is 6.92 Å². The number of halogens is 1. The number of aryl methyl sites for hydroxylation is 2. The summed E-state index contributed by atoms with van der Waals surface area (Å²) < 4.78 is 5.77. The van der Waals surface area contributed by atoms with E-state index in [4.69, 9.17) is 16.3 Å². The zero-order valence-corrected chi connectivity index (χ0v) is 13.7. The van der Waals surface area contributed by atoms with Crippen LogP contribution in [-0.2, 0) is 0 Å². The van der Waals surface area contributed by atoms with Crippen LogP contribution >= 0.6 is 11.6 Å². The maximum absolute atomic E-state index is 11.2. The van der Waals surface area contributed by atoms with E-state index in [1.54, 1.807) is 12.1 Å². The third kappa shape index (κ3) is 3.42. The lowest BCUT2D eigenvalue weighted by atomic mass is 9.98. The largest absolute Gasteiger partial charge is 0.493 e. The lowest BCUT2D eigenvalue weighted by Gasteiger charge is -2.14. The van der Waals surface area contributed by atoms with E-state index in [9.17, 15) is 9.90 Å². The minimum Gasteiger partial charge on any atom is -0.493 e. The Morgan fingerprint density at radius 3 is 2.32 bits per heavy atom. The highest BCUT2D eigenvalue weighted by atomic mass is 35.5. The van der Waals surface area contributed by atoms with Gasteiger partial charge in [0, 0.05) is 0 Å². The van der Waals surface area contributed by atoms with Gasteiger partial charge in [0.15, 0.2) is 0 Å². The summed E-state index contributed by atoms with van der Waals surface area (Å²) in [6.07, 6.45) is 0.958. The molecule has 0 saturated carbocycles. The molecule has 22 heavy (non-hydrogen) atoms. The summed E-state index contributed by atoms with van der Waals surface area (Å²) in [6, 6.07) is 9.06. The van der Waals surface area contributed by atoms with Gasteiger partial charge in [-0.1, -0.05) is 24.6 Å². The van der Waals surface area contributed by atoms with Gasteiger partial charge in [-0.25, -0.2) is 4.79 Å². The van der Waals surface area contributed by atoms with Gasteiger partial charge in [-0.2, -0.15) is 0 Å². The third-order valence-electron chi connectivity index (χ3n) is 3.44. The predicted octanol–water partition coefficient (Wildman–Crippen LogP) is 5.11. The fourth-order valence-electron chi connectivity index (χ4n) is 2.42. The summed E-state index contributed by atoms with van der Waals surface area (Å²) in [4.78, 5) is 11.2. The van der Waals surface area contributed by atoms with Crippen molar-refractivity contribution in [1.29, 1.82) is 0 Å². The minimum absolute atomic E-state index is 0.112. The van der Waals surface area contributed by atoms with Crippen molar-refractivity contribution in [1.82, 2.24) is 0 Å². The Balaban J connectivity index is 2.46. The number of rotatable bonds is 5. The maximum atomic E-state index is 11.2. The monoisotopic (exact) mass is 318 g/mol. The van der Waals surface area contributed by atoms with Crippen molar-refractivity contribution < 1.29 is 14.6 Å². The molecule has 0 spiro atoms. The average molecular weight is 319 g/mol. The summed E-state index contributed by atoms with van der Waals surface area (Å²) in [5.74, 6) is -0.124. The number of carboxylic acid groups (broad SMARTS) is 1. The van der Waals surface area contributed by atoms with Crippen LogP contribution in [0.2, 0.25) is 5.02 Å². The molecule has 1 N–H and O–H groups in total. The first-order valence-electron chi connectivity index (χ1n) is 7.21. The number of ether oxygens (including phenoxy) is 1. The molecule has 0 atom stereocenters. The zero-order valence-electron chi connectivity index (χ0n) is 12.9. The molecule has 0 bridgehead atoms. The minimum atomic E-state index is -1.02. The molecule has 0 saturated heterocycles. The molecule has 0 aliphatic carbocycles. The molecule has 0 amide bonds. The van der Waals surface area contributed by atoms with Gasteiger partial charge in [-0.15, -0.1) is 0 Å². The fraction of sp³-hybridized carbons (Fsp3) is 0.278. The molecule has 116 valence electrons. The second-order valence-corrected chi connectivity index (χ2v) is 5.69. The van der Waals surface area contributed by atoms with Gasteiger partial charge in [-0.3, -0.25) is 0 Å². The summed E-state index contributed by atoms with van der Waals surface area (Å²) in [7, 11) is 0. The van der Waals surface area contributed by atoms with Crippen molar-refractivity contribution in [3.8, 4) is 16.9 Å². The molecule has 2 rings (SSSR count). The van der Waals surface area contributed by atoms with Gasteiger partial charge in [0.2, 0.25) is 0 Å². The molecule has 0 fully saturated rings. The predicted molar refractivity (Wildman–Crippen MR) is 89.1 cm³/mol. The number of hydrogen-bond acceptors (Lipinski definition) is 2. The number of benzene rings is 2. The smallest absolute Gasteiger partial charge is 0.337 e. The van der Waals surface area contributed by atoms with E-state index in [0.29, 0.717) is 6.61 Å². The van der Waals surface area contributed by atoms with Crippen LogP contribution in [0.15, 0.2) is 30.3 Å². The van der Waals surface area contributed by atoms with Gasteiger partial charge in [0.05, 0.1) is 17.2 Å². The van der Waals surface area contributed by atoms with E-state index in [1.807, 2.05) is 32.0 Å². The van der Waals surface area contributed by atoms with Crippen molar-refractivity contribution in [3.05, 3.63) is 52.0 Å². The van der Waals surface area contributed by atoms with Gasteiger partial charge in [0.1, 0.15) is 5.75 Å². The van der Waals surface area contributed by atoms with E-state index >= 15 is 0 Å². The molecule has 2 aromatic carbocycles. The topological polar surface area (TPSA) is 46.5 Å². The summed E-state index contributed by atoms with van der Waals surface area (Å²) in [5.41, 5.74) is 3.97. The standard InChI is InChI=1S/C18H19ClO3/c1-4-7-22-17-11(2)8-14(9-12(17)3)13-5-6-16(19)15(10-13)18(20)21/h5-6,8-10H,4,7H2,1-3H3,(H,20,21). The van der Waals surface area contributed by atoms with Gasteiger partial charge >= 0.3 is 5.97 Å². The lowest BCUT2D eigenvalue weighted by Crippen LogP contribution is -2.00. The van der Waals surface area contributed by atoms with Crippen LogP contribution in [0.25, 0.3) is 11.1 Å². The van der Waals surface area contributed by atoms with Gasteiger partial charge in [-0.05, 0) is 66.8 Å². The van der Waals surface area contributed by atoms with E-state index in [-0.39, 0.29) is 10.6 Å². The fourth-order valence-corrected chi connectivity index (χ4v) is 2.62. The van der Waals surface area contributed by atoms with Crippen molar-refractivity contribution in [3.63, 3.8) is 0 Å². The third-order valence-corrected chi connectivity index (χ3v) is 3.77. The molecule has 0 radical (unpaired) electrons. The van der Waals surface area contributed by atoms with E-state index in [1.165, 1.54) is 0 Å². The highest BCUT2D eigenvalue weighted by Crippen LogP contribution is 2.32. The van der Waals surface area contributed by atoms with Crippen LogP contribution in [0.5, 0.6) is 5.75 Å². The lowest BCUT2D eigenvalue weighted by molar-refractivity contribution is 0.0697. The molecule has 2 aromatic rings. The normalized spacial score (nSPS) is 10.5.